The third-order valence-electron chi connectivity index (χ3n) is 4.09. The van der Waals surface area contributed by atoms with Gasteiger partial charge in [-0.3, -0.25) is 4.79 Å². The Bertz CT molecular complexity index is 238. The maximum absolute atomic E-state index is 12.2. The van der Waals surface area contributed by atoms with Gasteiger partial charge in [0.2, 0.25) is 5.91 Å². The maximum atomic E-state index is 12.2. The summed E-state index contributed by atoms with van der Waals surface area (Å²) in [5, 5.41) is 3.42. The quantitative estimate of drug-likeness (QED) is 0.760. The van der Waals surface area contributed by atoms with Gasteiger partial charge >= 0.3 is 0 Å². The Labute approximate surface area is 92.2 Å². The van der Waals surface area contributed by atoms with E-state index in [4.69, 9.17) is 0 Å². The van der Waals surface area contributed by atoms with Gasteiger partial charge in [0, 0.05) is 13.1 Å². The molecule has 1 saturated carbocycles. The minimum atomic E-state index is 0.123. The zero-order chi connectivity index (χ0) is 10.8. The minimum absolute atomic E-state index is 0.123. The first-order valence-corrected chi connectivity index (χ1v) is 6.30. The highest BCUT2D eigenvalue weighted by atomic mass is 16.2. The number of carbonyl (C=O) groups is 1. The number of rotatable bonds is 3. The topological polar surface area (TPSA) is 32.3 Å². The second-order valence-corrected chi connectivity index (χ2v) is 4.75. The van der Waals surface area contributed by atoms with Crippen molar-refractivity contribution in [1.29, 1.82) is 0 Å². The Morgan fingerprint density at radius 3 is 2.73 bits per heavy atom. The van der Waals surface area contributed by atoms with Gasteiger partial charge in [-0.05, 0) is 45.1 Å². The molecule has 2 aliphatic rings. The fourth-order valence-electron chi connectivity index (χ4n) is 3.19. The lowest BCUT2D eigenvalue weighted by Crippen LogP contribution is -2.46. The number of hydrogen-bond donors (Lipinski definition) is 1. The number of fused-ring (bicyclic) bond motifs is 1. The SMILES string of the molecule is CCN(CC)C(=O)C1NCC2CCCC21. The summed E-state index contributed by atoms with van der Waals surface area (Å²) in [6.45, 7) is 6.85. The molecule has 0 aromatic rings. The summed E-state index contributed by atoms with van der Waals surface area (Å²) in [4.78, 5) is 14.2. The molecule has 1 aliphatic carbocycles. The van der Waals surface area contributed by atoms with Crippen LogP contribution >= 0.6 is 0 Å². The van der Waals surface area contributed by atoms with Crippen LogP contribution in [0.25, 0.3) is 0 Å². The molecule has 1 saturated heterocycles. The summed E-state index contributed by atoms with van der Waals surface area (Å²) < 4.78 is 0. The summed E-state index contributed by atoms with van der Waals surface area (Å²) in [7, 11) is 0. The Morgan fingerprint density at radius 2 is 2.07 bits per heavy atom. The lowest BCUT2D eigenvalue weighted by molar-refractivity contribution is -0.133. The highest BCUT2D eigenvalue weighted by molar-refractivity contribution is 5.82. The second-order valence-electron chi connectivity index (χ2n) is 4.75. The van der Waals surface area contributed by atoms with Gasteiger partial charge in [-0.15, -0.1) is 0 Å². The normalized spacial score (nSPS) is 34.1. The zero-order valence-electron chi connectivity index (χ0n) is 9.83. The molecule has 86 valence electrons. The van der Waals surface area contributed by atoms with Crippen LogP contribution in [0.3, 0.4) is 0 Å². The molecule has 0 spiro atoms. The van der Waals surface area contributed by atoms with Crippen LogP contribution in [0.5, 0.6) is 0 Å². The summed E-state index contributed by atoms with van der Waals surface area (Å²) in [5.74, 6) is 1.72. The Morgan fingerprint density at radius 1 is 1.33 bits per heavy atom. The van der Waals surface area contributed by atoms with E-state index in [1.165, 1.54) is 19.3 Å². The van der Waals surface area contributed by atoms with E-state index in [9.17, 15) is 4.79 Å². The van der Waals surface area contributed by atoms with Crippen LogP contribution in [0.2, 0.25) is 0 Å². The van der Waals surface area contributed by atoms with Crippen molar-refractivity contribution in [1.82, 2.24) is 10.2 Å². The number of likely N-dealkylation sites (N-methyl/N-ethyl adjacent to an activating group) is 1. The monoisotopic (exact) mass is 210 g/mol. The first kappa shape index (κ1) is 10.9. The van der Waals surface area contributed by atoms with Crippen LogP contribution in [0, 0.1) is 11.8 Å². The van der Waals surface area contributed by atoms with Crippen LogP contribution in [0.15, 0.2) is 0 Å². The van der Waals surface area contributed by atoms with Gasteiger partial charge in [0.1, 0.15) is 0 Å². The molecule has 2 rings (SSSR count). The van der Waals surface area contributed by atoms with Crippen molar-refractivity contribution in [2.75, 3.05) is 19.6 Å². The van der Waals surface area contributed by atoms with Crippen molar-refractivity contribution >= 4 is 5.91 Å². The fourth-order valence-corrected chi connectivity index (χ4v) is 3.19. The predicted octanol–water partition coefficient (Wildman–Crippen LogP) is 1.24. The van der Waals surface area contributed by atoms with Crippen molar-refractivity contribution in [2.24, 2.45) is 11.8 Å². The van der Waals surface area contributed by atoms with Crippen molar-refractivity contribution in [3.05, 3.63) is 0 Å². The van der Waals surface area contributed by atoms with E-state index in [2.05, 4.69) is 19.2 Å². The molecule has 0 aromatic carbocycles. The molecule has 15 heavy (non-hydrogen) atoms. The van der Waals surface area contributed by atoms with Crippen LogP contribution in [-0.2, 0) is 4.79 Å². The van der Waals surface area contributed by atoms with Crippen molar-refractivity contribution in [3.63, 3.8) is 0 Å². The second kappa shape index (κ2) is 4.52. The van der Waals surface area contributed by atoms with Gasteiger partial charge in [0.25, 0.3) is 0 Å². The number of nitrogens with zero attached hydrogens (tertiary/aromatic N) is 1. The summed E-state index contributed by atoms with van der Waals surface area (Å²) in [6, 6.07) is 0.123. The van der Waals surface area contributed by atoms with Crippen molar-refractivity contribution in [3.8, 4) is 0 Å². The largest absolute Gasteiger partial charge is 0.342 e. The number of hydrogen-bond acceptors (Lipinski definition) is 2. The number of nitrogens with one attached hydrogen (secondary N) is 1. The summed E-state index contributed by atoms with van der Waals surface area (Å²) >= 11 is 0. The molecule has 1 heterocycles. The van der Waals surface area contributed by atoms with Crippen LogP contribution in [0.4, 0.5) is 0 Å². The van der Waals surface area contributed by atoms with Crippen LogP contribution in [0.1, 0.15) is 33.1 Å². The lowest BCUT2D eigenvalue weighted by Gasteiger charge is -2.25. The molecule has 2 fully saturated rings. The molecule has 0 bridgehead atoms. The Balaban J connectivity index is 2.01. The van der Waals surface area contributed by atoms with Gasteiger partial charge in [0.05, 0.1) is 6.04 Å². The Hall–Kier alpha value is -0.570. The molecule has 1 amide bonds. The van der Waals surface area contributed by atoms with E-state index in [1.54, 1.807) is 0 Å². The third kappa shape index (κ3) is 1.89. The molecule has 3 nitrogen and oxygen atoms in total. The van der Waals surface area contributed by atoms with E-state index >= 15 is 0 Å². The van der Waals surface area contributed by atoms with E-state index in [0.717, 1.165) is 25.6 Å². The number of carbonyl (C=O) groups excluding carboxylic acids is 1. The third-order valence-corrected chi connectivity index (χ3v) is 4.09. The molecule has 1 N–H and O–H groups in total. The van der Waals surface area contributed by atoms with E-state index in [-0.39, 0.29) is 6.04 Å². The molecule has 3 unspecified atom stereocenters. The molecule has 1 aliphatic heterocycles. The molecule has 0 aromatic heterocycles. The highest BCUT2D eigenvalue weighted by Crippen LogP contribution is 2.38. The molecule has 3 heteroatoms. The maximum Gasteiger partial charge on any atom is 0.239 e. The van der Waals surface area contributed by atoms with Gasteiger partial charge < -0.3 is 10.2 Å². The van der Waals surface area contributed by atoms with Crippen molar-refractivity contribution in [2.45, 2.75) is 39.2 Å². The zero-order valence-corrected chi connectivity index (χ0v) is 9.83. The standard InChI is InChI=1S/C12H22N2O/c1-3-14(4-2)12(15)11-10-7-5-6-9(10)8-13-11/h9-11,13H,3-8H2,1-2H3. The predicted molar refractivity (Wildman–Crippen MR) is 60.5 cm³/mol. The average molecular weight is 210 g/mol. The molecular weight excluding hydrogens is 188 g/mol. The van der Waals surface area contributed by atoms with Crippen molar-refractivity contribution < 1.29 is 4.79 Å². The molecule has 0 radical (unpaired) electrons. The van der Waals surface area contributed by atoms with E-state index < -0.39 is 0 Å². The van der Waals surface area contributed by atoms with Gasteiger partial charge in [-0.2, -0.15) is 0 Å². The van der Waals surface area contributed by atoms with Gasteiger partial charge in [0.15, 0.2) is 0 Å². The van der Waals surface area contributed by atoms with E-state index in [1.807, 2.05) is 4.90 Å². The Kier molecular flexibility index (Phi) is 3.29. The summed E-state index contributed by atoms with van der Waals surface area (Å²) in [5.41, 5.74) is 0. The van der Waals surface area contributed by atoms with Gasteiger partial charge in [-0.25, -0.2) is 0 Å². The van der Waals surface area contributed by atoms with Crippen LogP contribution in [-0.4, -0.2) is 36.5 Å². The molecule has 3 atom stereocenters. The van der Waals surface area contributed by atoms with Gasteiger partial charge in [-0.1, -0.05) is 6.42 Å². The summed E-state index contributed by atoms with van der Waals surface area (Å²) in [6.07, 6.45) is 3.88. The number of amides is 1. The smallest absolute Gasteiger partial charge is 0.239 e. The highest BCUT2D eigenvalue weighted by Gasteiger charge is 2.43. The lowest BCUT2D eigenvalue weighted by atomic mass is 9.93. The van der Waals surface area contributed by atoms with Crippen LogP contribution < -0.4 is 5.32 Å². The first-order chi connectivity index (χ1) is 7.27. The minimum Gasteiger partial charge on any atom is -0.342 e. The average Bonchev–Trinajstić information content (AvgIpc) is 2.79. The molecular formula is C12H22N2O. The van der Waals surface area contributed by atoms with E-state index in [0.29, 0.717) is 11.8 Å². The first-order valence-electron chi connectivity index (χ1n) is 6.30. The fraction of sp³-hybridized carbons (Fsp3) is 0.917.